The first-order chi connectivity index (χ1) is 7.29. The van der Waals surface area contributed by atoms with Crippen LogP contribution in [-0.2, 0) is 4.79 Å². The SMILES string of the molecule is CCCC(=O)N(CC#N)C1CCCCC1. The zero-order chi connectivity index (χ0) is 11.1. The van der Waals surface area contributed by atoms with Crippen molar-refractivity contribution in [1.82, 2.24) is 4.90 Å². The van der Waals surface area contributed by atoms with Gasteiger partial charge in [0.1, 0.15) is 6.54 Å². The number of hydrogen-bond acceptors (Lipinski definition) is 2. The van der Waals surface area contributed by atoms with E-state index in [2.05, 4.69) is 6.07 Å². The van der Waals surface area contributed by atoms with Gasteiger partial charge in [-0.15, -0.1) is 0 Å². The topological polar surface area (TPSA) is 44.1 Å². The zero-order valence-corrected chi connectivity index (χ0v) is 9.54. The molecule has 1 aliphatic rings. The van der Waals surface area contributed by atoms with Gasteiger partial charge in [-0.25, -0.2) is 0 Å². The van der Waals surface area contributed by atoms with E-state index in [0.29, 0.717) is 12.5 Å². The molecule has 3 nitrogen and oxygen atoms in total. The lowest BCUT2D eigenvalue weighted by atomic mass is 9.94. The van der Waals surface area contributed by atoms with Gasteiger partial charge in [-0.05, 0) is 19.3 Å². The number of carbonyl (C=O) groups is 1. The van der Waals surface area contributed by atoms with Gasteiger partial charge in [0.05, 0.1) is 6.07 Å². The highest BCUT2D eigenvalue weighted by Crippen LogP contribution is 2.23. The van der Waals surface area contributed by atoms with Gasteiger partial charge in [0.15, 0.2) is 0 Å². The molecule has 15 heavy (non-hydrogen) atoms. The van der Waals surface area contributed by atoms with Gasteiger partial charge < -0.3 is 4.90 Å². The molecule has 1 rings (SSSR count). The minimum absolute atomic E-state index is 0.158. The standard InChI is InChI=1S/C12H20N2O/c1-2-6-12(15)14(10-9-13)11-7-4-3-5-8-11/h11H,2-8,10H2,1H3. The predicted octanol–water partition coefficient (Wildman–Crippen LogP) is 2.47. The summed E-state index contributed by atoms with van der Waals surface area (Å²) in [6.45, 7) is 2.27. The number of nitrogens with zero attached hydrogens (tertiary/aromatic N) is 2. The molecule has 0 bridgehead atoms. The van der Waals surface area contributed by atoms with Crippen molar-refractivity contribution in [3.05, 3.63) is 0 Å². The molecule has 0 heterocycles. The van der Waals surface area contributed by atoms with Crippen molar-refractivity contribution >= 4 is 5.91 Å². The van der Waals surface area contributed by atoms with E-state index >= 15 is 0 Å². The van der Waals surface area contributed by atoms with Gasteiger partial charge in [-0.3, -0.25) is 4.79 Å². The summed E-state index contributed by atoms with van der Waals surface area (Å²) in [5.74, 6) is 0.158. The average molecular weight is 208 g/mol. The minimum Gasteiger partial charge on any atom is -0.326 e. The van der Waals surface area contributed by atoms with Gasteiger partial charge in [-0.2, -0.15) is 5.26 Å². The second-order valence-corrected chi connectivity index (χ2v) is 4.22. The maximum absolute atomic E-state index is 11.8. The minimum atomic E-state index is 0.158. The Bertz CT molecular complexity index is 238. The summed E-state index contributed by atoms with van der Waals surface area (Å²) < 4.78 is 0. The third kappa shape index (κ3) is 3.54. The van der Waals surface area contributed by atoms with Gasteiger partial charge in [-0.1, -0.05) is 26.2 Å². The molecule has 0 atom stereocenters. The van der Waals surface area contributed by atoms with E-state index < -0.39 is 0 Å². The van der Waals surface area contributed by atoms with Gasteiger partial charge in [0, 0.05) is 12.5 Å². The van der Waals surface area contributed by atoms with Crippen LogP contribution in [0.1, 0.15) is 51.9 Å². The van der Waals surface area contributed by atoms with Gasteiger partial charge in [0.2, 0.25) is 5.91 Å². The molecule has 0 aromatic heterocycles. The van der Waals surface area contributed by atoms with Crippen LogP contribution in [0.25, 0.3) is 0 Å². The van der Waals surface area contributed by atoms with Crippen molar-refractivity contribution in [2.45, 2.75) is 57.9 Å². The van der Waals surface area contributed by atoms with E-state index in [1.807, 2.05) is 6.92 Å². The van der Waals surface area contributed by atoms with E-state index in [4.69, 9.17) is 5.26 Å². The molecule has 0 radical (unpaired) electrons. The molecular weight excluding hydrogens is 188 g/mol. The smallest absolute Gasteiger partial charge is 0.223 e. The third-order valence-corrected chi connectivity index (χ3v) is 3.04. The fourth-order valence-corrected chi connectivity index (χ4v) is 2.25. The maximum atomic E-state index is 11.8. The normalized spacial score (nSPS) is 17.1. The average Bonchev–Trinajstić information content (AvgIpc) is 2.27. The van der Waals surface area contributed by atoms with Gasteiger partial charge in [0.25, 0.3) is 0 Å². The Hall–Kier alpha value is -1.04. The lowest BCUT2D eigenvalue weighted by molar-refractivity contribution is -0.133. The Morgan fingerprint density at radius 3 is 2.60 bits per heavy atom. The summed E-state index contributed by atoms with van der Waals surface area (Å²) in [7, 11) is 0. The lowest BCUT2D eigenvalue weighted by Crippen LogP contribution is -2.41. The van der Waals surface area contributed by atoms with Crippen LogP contribution in [0.2, 0.25) is 0 Å². The summed E-state index contributed by atoms with van der Waals surface area (Å²) in [5.41, 5.74) is 0. The van der Waals surface area contributed by atoms with Crippen molar-refractivity contribution in [2.24, 2.45) is 0 Å². The molecule has 84 valence electrons. The molecule has 3 heteroatoms. The lowest BCUT2D eigenvalue weighted by Gasteiger charge is -2.32. The van der Waals surface area contributed by atoms with Crippen molar-refractivity contribution in [2.75, 3.05) is 6.54 Å². The second kappa shape index (κ2) is 6.44. The molecule has 0 N–H and O–H groups in total. The molecule has 1 amide bonds. The fourth-order valence-electron chi connectivity index (χ4n) is 2.25. The number of amides is 1. The highest BCUT2D eigenvalue weighted by atomic mass is 16.2. The van der Waals surface area contributed by atoms with Crippen LogP contribution in [0.5, 0.6) is 0 Å². The van der Waals surface area contributed by atoms with Crippen molar-refractivity contribution < 1.29 is 4.79 Å². The van der Waals surface area contributed by atoms with Crippen LogP contribution in [-0.4, -0.2) is 23.4 Å². The monoisotopic (exact) mass is 208 g/mol. The Morgan fingerprint density at radius 1 is 1.40 bits per heavy atom. The van der Waals surface area contributed by atoms with E-state index in [-0.39, 0.29) is 12.5 Å². The molecule has 0 aromatic rings. The third-order valence-electron chi connectivity index (χ3n) is 3.04. The maximum Gasteiger partial charge on any atom is 0.223 e. The number of nitriles is 1. The highest BCUT2D eigenvalue weighted by molar-refractivity contribution is 5.76. The van der Waals surface area contributed by atoms with Gasteiger partial charge >= 0.3 is 0 Å². The van der Waals surface area contributed by atoms with E-state index in [0.717, 1.165) is 19.3 Å². The molecule has 0 unspecified atom stereocenters. The van der Waals surface area contributed by atoms with Crippen LogP contribution in [0.15, 0.2) is 0 Å². The first-order valence-corrected chi connectivity index (χ1v) is 5.96. The molecular formula is C12H20N2O. The van der Waals surface area contributed by atoms with E-state index in [9.17, 15) is 4.79 Å². The quantitative estimate of drug-likeness (QED) is 0.666. The van der Waals surface area contributed by atoms with E-state index in [1.54, 1.807) is 4.90 Å². The number of carbonyl (C=O) groups excluding carboxylic acids is 1. The molecule has 0 aliphatic heterocycles. The van der Waals surface area contributed by atoms with Crippen LogP contribution < -0.4 is 0 Å². The first kappa shape index (κ1) is 12.0. The fraction of sp³-hybridized carbons (Fsp3) is 0.833. The predicted molar refractivity (Wildman–Crippen MR) is 59.1 cm³/mol. The first-order valence-electron chi connectivity index (χ1n) is 5.96. The molecule has 1 aliphatic carbocycles. The molecule has 0 aromatic carbocycles. The van der Waals surface area contributed by atoms with Crippen LogP contribution in [0.4, 0.5) is 0 Å². The second-order valence-electron chi connectivity index (χ2n) is 4.22. The molecule has 1 fully saturated rings. The molecule has 1 saturated carbocycles. The van der Waals surface area contributed by atoms with Crippen LogP contribution >= 0.6 is 0 Å². The van der Waals surface area contributed by atoms with Crippen molar-refractivity contribution in [3.63, 3.8) is 0 Å². The van der Waals surface area contributed by atoms with Crippen molar-refractivity contribution in [3.8, 4) is 6.07 Å². The Labute approximate surface area is 92.1 Å². The molecule has 0 saturated heterocycles. The summed E-state index contributed by atoms with van der Waals surface area (Å²) in [6, 6.07) is 2.44. The Kier molecular flexibility index (Phi) is 5.17. The van der Waals surface area contributed by atoms with Crippen molar-refractivity contribution in [1.29, 1.82) is 5.26 Å². The zero-order valence-electron chi connectivity index (χ0n) is 9.54. The largest absolute Gasteiger partial charge is 0.326 e. The summed E-state index contributed by atoms with van der Waals surface area (Å²) in [6.07, 6.45) is 7.29. The number of rotatable bonds is 4. The Morgan fingerprint density at radius 2 is 2.07 bits per heavy atom. The summed E-state index contributed by atoms with van der Waals surface area (Å²) >= 11 is 0. The Balaban J connectivity index is 2.55. The highest BCUT2D eigenvalue weighted by Gasteiger charge is 2.24. The number of hydrogen-bond donors (Lipinski definition) is 0. The molecule has 0 spiro atoms. The van der Waals surface area contributed by atoms with E-state index in [1.165, 1.54) is 19.3 Å². The summed E-state index contributed by atoms with van der Waals surface area (Å²) in [5, 5.41) is 8.74. The van der Waals surface area contributed by atoms with Crippen LogP contribution in [0.3, 0.4) is 0 Å². The van der Waals surface area contributed by atoms with Crippen LogP contribution in [0, 0.1) is 11.3 Å². The summed E-state index contributed by atoms with van der Waals surface area (Å²) in [4.78, 5) is 13.6.